The van der Waals surface area contributed by atoms with Gasteiger partial charge in [-0.3, -0.25) is 4.90 Å². The number of nitrogens with zero attached hydrogens (tertiary/aromatic N) is 1. The lowest BCUT2D eigenvalue weighted by molar-refractivity contribution is 0.326. The van der Waals surface area contributed by atoms with Gasteiger partial charge in [0.05, 0.1) is 7.11 Å². The smallest absolute Gasteiger partial charge is 0.123 e. The van der Waals surface area contributed by atoms with Crippen molar-refractivity contribution in [3.8, 4) is 5.75 Å². The van der Waals surface area contributed by atoms with E-state index >= 15 is 0 Å². The maximum atomic E-state index is 5.44. The third-order valence-electron chi connectivity index (χ3n) is 2.90. The van der Waals surface area contributed by atoms with Crippen LogP contribution in [0, 0.1) is 0 Å². The van der Waals surface area contributed by atoms with Gasteiger partial charge in [-0.25, -0.2) is 0 Å². The predicted octanol–water partition coefficient (Wildman–Crippen LogP) is 2.59. The normalized spacial score (nSPS) is 10.5. The summed E-state index contributed by atoms with van der Waals surface area (Å²) in [4.78, 5) is 2.27. The molecule has 0 saturated heterocycles. The van der Waals surface area contributed by atoms with Gasteiger partial charge in [0.2, 0.25) is 0 Å². The first-order valence-electron chi connectivity index (χ1n) is 6.49. The summed E-state index contributed by atoms with van der Waals surface area (Å²) >= 11 is 0. The molecular weight excluding hydrogens is 236 g/mol. The van der Waals surface area contributed by atoms with Crippen LogP contribution in [0.3, 0.4) is 0 Å². The Hall–Kier alpha value is -1.58. The van der Waals surface area contributed by atoms with Crippen LogP contribution in [0.4, 0.5) is 0 Å². The fourth-order valence-electron chi connectivity index (χ4n) is 2.05. The average Bonchev–Trinajstić information content (AvgIpc) is 2.41. The molecule has 0 spiro atoms. The molecule has 0 bridgehead atoms. The summed E-state index contributed by atoms with van der Waals surface area (Å²) < 4.78 is 5.44. The largest absolute Gasteiger partial charge is 0.496 e. The zero-order valence-electron chi connectivity index (χ0n) is 12.0. The first kappa shape index (κ1) is 15.5. The summed E-state index contributed by atoms with van der Waals surface area (Å²) in [6, 6.07) is 6.37. The molecule has 0 aromatic heterocycles. The maximum absolute atomic E-state index is 5.44. The van der Waals surface area contributed by atoms with Gasteiger partial charge in [-0.2, -0.15) is 0 Å². The minimum absolute atomic E-state index is 0.812. The Kier molecular flexibility index (Phi) is 6.93. The fourth-order valence-corrected chi connectivity index (χ4v) is 2.05. The molecule has 0 unspecified atom stereocenters. The van der Waals surface area contributed by atoms with Crippen molar-refractivity contribution in [2.24, 2.45) is 0 Å². The Morgan fingerprint density at radius 2 is 1.95 bits per heavy atom. The minimum Gasteiger partial charge on any atom is -0.496 e. The first-order valence-corrected chi connectivity index (χ1v) is 6.49. The molecule has 1 N–H and O–H groups in total. The first-order chi connectivity index (χ1) is 9.24. The van der Waals surface area contributed by atoms with Gasteiger partial charge in [-0.1, -0.05) is 24.3 Å². The van der Waals surface area contributed by atoms with Crippen molar-refractivity contribution in [3.63, 3.8) is 0 Å². The molecule has 0 aliphatic rings. The molecule has 1 aromatic rings. The van der Waals surface area contributed by atoms with Crippen molar-refractivity contribution in [3.05, 3.63) is 54.6 Å². The van der Waals surface area contributed by atoms with E-state index < -0.39 is 0 Å². The van der Waals surface area contributed by atoms with E-state index in [1.807, 2.05) is 19.2 Å². The van der Waals surface area contributed by atoms with E-state index in [9.17, 15) is 0 Å². The Morgan fingerprint density at radius 1 is 1.26 bits per heavy atom. The number of methoxy groups -OCH3 is 1. The second-order valence-corrected chi connectivity index (χ2v) is 4.45. The van der Waals surface area contributed by atoms with Crippen LogP contribution in [0.2, 0.25) is 0 Å². The van der Waals surface area contributed by atoms with E-state index in [-0.39, 0.29) is 0 Å². The average molecular weight is 260 g/mol. The highest BCUT2D eigenvalue weighted by molar-refractivity contribution is 5.37. The Morgan fingerprint density at radius 3 is 2.47 bits per heavy atom. The minimum atomic E-state index is 0.812. The summed E-state index contributed by atoms with van der Waals surface area (Å²) in [6.45, 7) is 11.0. The second kappa shape index (κ2) is 8.51. The van der Waals surface area contributed by atoms with Crippen LogP contribution in [-0.4, -0.2) is 32.1 Å². The molecule has 104 valence electrons. The number of hydrogen-bond donors (Lipinski definition) is 1. The van der Waals surface area contributed by atoms with Gasteiger partial charge >= 0.3 is 0 Å². The summed E-state index contributed by atoms with van der Waals surface area (Å²) in [5.41, 5.74) is 2.41. The van der Waals surface area contributed by atoms with E-state index in [1.54, 1.807) is 7.11 Å². The van der Waals surface area contributed by atoms with Gasteiger partial charge in [0.1, 0.15) is 5.75 Å². The second-order valence-electron chi connectivity index (χ2n) is 4.45. The van der Waals surface area contributed by atoms with Crippen LogP contribution in [0.25, 0.3) is 0 Å². The van der Waals surface area contributed by atoms with Crippen molar-refractivity contribution < 1.29 is 4.74 Å². The highest BCUT2D eigenvalue weighted by atomic mass is 16.5. The molecule has 0 aliphatic heterocycles. The van der Waals surface area contributed by atoms with Gasteiger partial charge in [-0.05, 0) is 18.7 Å². The molecule has 19 heavy (non-hydrogen) atoms. The van der Waals surface area contributed by atoms with Crippen LogP contribution in [-0.2, 0) is 13.1 Å². The van der Waals surface area contributed by atoms with E-state index in [1.165, 1.54) is 11.1 Å². The monoisotopic (exact) mass is 260 g/mol. The van der Waals surface area contributed by atoms with Crippen molar-refractivity contribution in [2.45, 2.75) is 13.1 Å². The molecule has 0 radical (unpaired) electrons. The molecule has 0 fully saturated rings. The molecule has 0 aliphatic carbocycles. The van der Waals surface area contributed by atoms with E-state index in [2.05, 4.69) is 41.6 Å². The van der Waals surface area contributed by atoms with Crippen molar-refractivity contribution in [1.82, 2.24) is 10.2 Å². The zero-order valence-corrected chi connectivity index (χ0v) is 12.0. The summed E-state index contributed by atoms with van der Waals surface area (Å²) in [6.07, 6.45) is 3.83. The lowest BCUT2D eigenvalue weighted by atomic mass is 10.1. The maximum Gasteiger partial charge on any atom is 0.123 e. The van der Waals surface area contributed by atoms with Gasteiger partial charge in [-0.15, -0.1) is 13.2 Å². The number of hydrogen-bond acceptors (Lipinski definition) is 3. The molecule has 0 saturated carbocycles. The SMILES string of the molecule is C=CCN(CC=C)Cc1ccc(CNC)c(OC)c1. The molecule has 3 nitrogen and oxygen atoms in total. The van der Waals surface area contributed by atoms with Gasteiger partial charge in [0, 0.05) is 31.7 Å². The Labute approximate surface area is 116 Å². The van der Waals surface area contributed by atoms with Crippen molar-refractivity contribution >= 4 is 0 Å². The molecule has 1 aromatic carbocycles. The number of ether oxygens (including phenoxy) is 1. The topological polar surface area (TPSA) is 24.5 Å². The van der Waals surface area contributed by atoms with E-state index in [0.717, 1.165) is 31.9 Å². The predicted molar refractivity (Wildman–Crippen MR) is 81.4 cm³/mol. The van der Waals surface area contributed by atoms with Crippen molar-refractivity contribution in [1.29, 1.82) is 0 Å². The lowest BCUT2D eigenvalue weighted by Crippen LogP contribution is -2.23. The van der Waals surface area contributed by atoms with Crippen LogP contribution in [0.15, 0.2) is 43.5 Å². The summed E-state index contributed by atoms with van der Waals surface area (Å²) in [5.74, 6) is 0.934. The van der Waals surface area contributed by atoms with Gasteiger partial charge < -0.3 is 10.1 Å². The summed E-state index contributed by atoms with van der Waals surface area (Å²) in [7, 11) is 3.65. The van der Waals surface area contributed by atoms with Crippen LogP contribution >= 0.6 is 0 Å². The Bertz CT molecular complexity index is 405. The van der Waals surface area contributed by atoms with E-state index in [0.29, 0.717) is 0 Å². The molecule has 3 heteroatoms. The van der Waals surface area contributed by atoms with Crippen LogP contribution in [0.1, 0.15) is 11.1 Å². The molecule has 1 rings (SSSR count). The quantitative estimate of drug-likeness (QED) is 0.691. The van der Waals surface area contributed by atoms with Crippen molar-refractivity contribution in [2.75, 3.05) is 27.2 Å². The highest BCUT2D eigenvalue weighted by Crippen LogP contribution is 2.21. The standard InChI is InChI=1S/C16H24N2O/c1-5-9-18(10-6-2)13-14-7-8-15(12-17-3)16(11-14)19-4/h5-8,11,17H,1-2,9-10,12-13H2,3-4H3. The highest BCUT2D eigenvalue weighted by Gasteiger charge is 2.07. The van der Waals surface area contributed by atoms with Crippen LogP contribution in [0.5, 0.6) is 5.75 Å². The molecule has 0 heterocycles. The van der Waals surface area contributed by atoms with Gasteiger partial charge in [0.15, 0.2) is 0 Å². The number of rotatable bonds is 9. The molecular formula is C16H24N2O. The van der Waals surface area contributed by atoms with Gasteiger partial charge in [0.25, 0.3) is 0 Å². The number of nitrogens with one attached hydrogen (secondary N) is 1. The summed E-state index contributed by atoms with van der Waals surface area (Å²) in [5, 5.41) is 3.14. The Balaban J connectivity index is 2.82. The zero-order chi connectivity index (χ0) is 14.1. The van der Waals surface area contributed by atoms with Crippen LogP contribution < -0.4 is 10.1 Å². The fraction of sp³-hybridized carbons (Fsp3) is 0.375. The van der Waals surface area contributed by atoms with E-state index in [4.69, 9.17) is 4.74 Å². The third kappa shape index (κ3) is 4.89. The lowest BCUT2D eigenvalue weighted by Gasteiger charge is -2.19. The molecule has 0 amide bonds. The third-order valence-corrected chi connectivity index (χ3v) is 2.90. The number of benzene rings is 1. The molecule has 0 atom stereocenters.